The van der Waals surface area contributed by atoms with Crippen LogP contribution < -0.4 is 5.73 Å². The van der Waals surface area contributed by atoms with Crippen molar-refractivity contribution in [3.05, 3.63) is 0 Å². The number of halogens is 3. The van der Waals surface area contributed by atoms with E-state index in [1.807, 2.05) is 0 Å². The molecule has 220 valence electrons. The third-order valence-corrected chi connectivity index (χ3v) is 7.91. The molecule has 7 nitrogen and oxygen atoms in total. The lowest BCUT2D eigenvalue weighted by Gasteiger charge is -2.12. The van der Waals surface area contributed by atoms with Gasteiger partial charge >= 0.3 is 15.4 Å². The first-order chi connectivity index (χ1) is 16.8. The molecule has 0 heterocycles. The molecule has 1 unspecified atom stereocenters. The predicted octanol–water partition coefficient (Wildman–Crippen LogP) is 7.42. The van der Waals surface area contributed by atoms with Crippen LogP contribution >= 0.6 is 0 Å². The lowest BCUT2D eigenvalue weighted by molar-refractivity contribution is 0.0683. The maximum atomic E-state index is 12.8. The van der Waals surface area contributed by atoms with Crippen molar-refractivity contribution in [2.24, 2.45) is 5.73 Å². The van der Waals surface area contributed by atoms with E-state index in [4.69, 9.17) is 14.8 Å². The Morgan fingerprint density at radius 2 is 1.03 bits per heavy atom. The summed E-state index contributed by atoms with van der Waals surface area (Å²) >= 11 is 0. The third kappa shape index (κ3) is 23.9. The maximum absolute atomic E-state index is 12.8. The molecule has 1 atom stereocenters. The van der Waals surface area contributed by atoms with Gasteiger partial charge in [0.1, 0.15) is 5.37 Å². The summed E-state index contributed by atoms with van der Waals surface area (Å²) in [7, 11) is -9.31. The van der Waals surface area contributed by atoms with Crippen molar-refractivity contribution >= 4 is 20.2 Å². The van der Waals surface area contributed by atoms with E-state index in [0.29, 0.717) is 19.3 Å². The molecule has 0 aromatic rings. The van der Waals surface area contributed by atoms with E-state index in [1.54, 1.807) is 0 Å². The molecule has 0 aliphatic heterocycles. The molecule has 0 saturated heterocycles. The van der Waals surface area contributed by atoms with Crippen LogP contribution in [0.1, 0.15) is 135 Å². The van der Waals surface area contributed by atoms with E-state index < -0.39 is 37.3 Å². The summed E-state index contributed by atoms with van der Waals surface area (Å²) in [5.41, 5.74) is 5.29. The molecule has 12 heteroatoms. The Morgan fingerprint density at radius 1 is 0.667 bits per heavy atom. The summed E-state index contributed by atoms with van der Waals surface area (Å²) in [5, 5.41) is -5.13. The Kier molecular flexibility index (Phi) is 23.6. The fraction of sp³-hybridized carbons (Fsp3) is 1.00. The van der Waals surface area contributed by atoms with Crippen molar-refractivity contribution in [1.29, 1.82) is 0 Å². The van der Waals surface area contributed by atoms with Crippen molar-refractivity contribution in [1.82, 2.24) is 0 Å². The molecule has 4 N–H and O–H groups in total. The first-order valence-corrected chi connectivity index (χ1v) is 16.4. The standard InChI is InChI=1S/C12H24F2O3S.C12H26FNO3S/c1-2-3-4-5-6-7-8-9-10-11-12(13,14)18(15,16)17;13-11-9-7-5-3-1-2-4-6-8-10-12(14)18(15,16)17/h2-11H2,1H3,(H,15,16,17);12H,1-11,14H2,(H,15,16,17). The van der Waals surface area contributed by atoms with E-state index in [9.17, 15) is 30.0 Å². The molecular weight excluding hydrogens is 519 g/mol. The van der Waals surface area contributed by atoms with Crippen LogP contribution in [-0.2, 0) is 20.2 Å². The summed E-state index contributed by atoms with van der Waals surface area (Å²) in [6.45, 7) is 1.93. The highest BCUT2D eigenvalue weighted by molar-refractivity contribution is 7.87. The maximum Gasteiger partial charge on any atom is 0.370 e. The average Bonchev–Trinajstić information content (AvgIpc) is 2.78. The molecule has 0 radical (unpaired) electrons. The summed E-state index contributed by atoms with van der Waals surface area (Å²) in [6, 6.07) is 0. The minimum atomic E-state index is -5.24. The van der Waals surface area contributed by atoms with Crippen LogP contribution in [0, 0.1) is 0 Å². The van der Waals surface area contributed by atoms with Gasteiger partial charge in [0.2, 0.25) is 0 Å². The van der Waals surface area contributed by atoms with E-state index in [0.717, 1.165) is 70.6 Å². The highest BCUT2D eigenvalue weighted by Crippen LogP contribution is 2.27. The van der Waals surface area contributed by atoms with Crippen LogP contribution in [-0.4, -0.2) is 43.2 Å². The summed E-state index contributed by atoms with van der Waals surface area (Å²) in [4.78, 5) is 0. The number of alkyl halides is 3. The molecule has 0 fully saturated rings. The van der Waals surface area contributed by atoms with Gasteiger partial charge in [0, 0.05) is 6.42 Å². The summed E-state index contributed by atoms with van der Waals surface area (Å²) in [5.74, 6) is 0. The van der Waals surface area contributed by atoms with Gasteiger partial charge in [-0.2, -0.15) is 25.6 Å². The molecular formula is C24H50F3NO6S2. The van der Waals surface area contributed by atoms with Gasteiger partial charge in [0.15, 0.2) is 0 Å². The fourth-order valence-electron chi connectivity index (χ4n) is 3.60. The minimum Gasteiger partial charge on any atom is -0.313 e. The Morgan fingerprint density at radius 3 is 1.39 bits per heavy atom. The molecule has 0 spiro atoms. The Labute approximate surface area is 217 Å². The smallest absolute Gasteiger partial charge is 0.313 e. The van der Waals surface area contributed by atoms with Crippen molar-refractivity contribution in [2.45, 2.75) is 146 Å². The van der Waals surface area contributed by atoms with Gasteiger partial charge in [-0.15, -0.1) is 0 Å². The first-order valence-electron chi connectivity index (χ1n) is 13.4. The van der Waals surface area contributed by atoms with Gasteiger partial charge in [0.25, 0.3) is 10.1 Å². The number of nitrogens with two attached hydrogens (primary N) is 1. The monoisotopic (exact) mass is 569 g/mol. The van der Waals surface area contributed by atoms with E-state index in [-0.39, 0.29) is 13.1 Å². The highest BCUT2D eigenvalue weighted by Gasteiger charge is 2.42. The van der Waals surface area contributed by atoms with Gasteiger partial charge in [-0.05, 0) is 19.3 Å². The van der Waals surface area contributed by atoms with Gasteiger partial charge < -0.3 is 5.73 Å². The number of unbranched alkanes of at least 4 members (excludes halogenated alkanes) is 16. The zero-order valence-corrected chi connectivity index (χ0v) is 23.6. The second-order valence-corrected chi connectivity index (χ2v) is 12.6. The van der Waals surface area contributed by atoms with Crippen molar-refractivity contribution in [2.75, 3.05) is 6.67 Å². The van der Waals surface area contributed by atoms with E-state index >= 15 is 0 Å². The molecule has 0 rings (SSSR count). The average molecular weight is 570 g/mol. The topological polar surface area (TPSA) is 135 Å². The lowest BCUT2D eigenvalue weighted by Crippen LogP contribution is -2.29. The van der Waals surface area contributed by atoms with Gasteiger partial charge in [-0.3, -0.25) is 13.5 Å². The first kappa shape index (κ1) is 37.7. The van der Waals surface area contributed by atoms with Gasteiger partial charge in [0.05, 0.1) is 6.67 Å². The Balaban J connectivity index is 0. The second kappa shape index (κ2) is 22.5. The van der Waals surface area contributed by atoms with Crippen LogP contribution in [0.2, 0.25) is 0 Å². The van der Waals surface area contributed by atoms with Crippen LogP contribution in [0.15, 0.2) is 0 Å². The molecule has 0 aromatic heterocycles. The molecule has 0 saturated carbocycles. The summed E-state index contributed by atoms with van der Waals surface area (Å²) < 4.78 is 96.2. The highest BCUT2D eigenvalue weighted by atomic mass is 32.2. The largest absolute Gasteiger partial charge is 0.370 e. The third-order valence-electron chi connectivity index (χ3n) is 5.95. The zero-order chi connectivity index (χ0) is 27.9. The predicted molar refractivity (Wildman–Crippen MR) is 140 cm³/mol. The summed E-state index contributed by atoms with van der Waals surface area (Å²) in [6.07, 6.45) is 16.9. The lowest BCUT2D eigenvalue weighted by atomic mass is 10.1. The molecule has 0 aliphatic rings. The Hall–Kier alpha value is -0.430. The van der Waals surface area contributed by atoms with Crippen LogP contribution in [0.25, 0.3) is 0 Å². The zero-order valence-electron chi connectivity index (χ0n) is 22.0. The molecule has 0 aliphatic carbocycles. The van der Waals surface area contributed by atoms with Crippen LogP contribution in [0.4, 0.5) is 13.2 Å². The SMILES string of the molecule is CCCCCCCCCCCC(F)(F)S(=O)(=O)O.NC(CCCCCCCCCCCF)S(=O)(=O)O. The van der Waals surface area contributed by atoms with Gasteiger partial charge in [-0.25, -0.2) is 0 Å². The minimum absolute atomic E-state index is 0.127. The number of hydrogen-bond acceptors (Lipinski definition) is 5. The Bertz CT molecular complexity index is 707. The van der Waals surface area contributed by atoms with Crippen LogP contribution in [0.5, 0.6) is 0 Å². The van der Waals surface area contributed by atoms with Crippen molar-refractivity contribution in [3.8, 4) is 0 Å². The molecule has 0 aromatic carbocycles. The second-order valence-electron chi connectivity index (χ2n) is 9.40. The molecule has 0 bridgehead atoms. The van der Waals surface area contributed by atoms with Gasteiger partial charge in [-0.1, -0.05) is 110 Å². The quantitative estimate of drug-likeness (QED) is 0.0861. The molecule has 36 heavy (non-hydrogen) atoms. The van der Waals surface area contributed by atoms with Crippen molar-refractivity contribution < 1.29 is 39.1 Å². The fourth-order valence-corrected chi connectivity index (χ4v) is 4.46. The van der Waals surface area contributed by atoms with E-state index in [1.165, 1.54) is 25.7 Å². The van der Waals surface area contributed by atoms with E-state index in [2.05, 4.69) is 6.92 Å². The molecule has 0 amide bonds. The number of rotatable bonds is 23. The van der Waals surface area contributed by atoms with Crippen LogP contribution in [0.3, 0.4) is 0 Å². The van der Waals surface area contributed by atoms with Crippen molar-refractivity contribution in [3.63, 3.8) is 0 Å². The number of hydrogen-bond donors (Lipinski definition) is 3. The normalized spacial score (nSPS) is 13.3.